The van der Waals surface area contributed by atoms with Crippen molar-refractivity contribution >= 4 is 14.2 Å². The van der Waals surface area contributed by atoms with Crippen LogP contribution in [0.4, 0.5) is 0 Å². The van der Waals surface area contributed by atoms with Gasteiger partial charge in [-0.3, -0.25) is 4.79 Å². The van der Waals surface area contributed by atoms with E-state index in [1.807, 2.05) is 39.8 Å². The fourth-order valence-electron chi connectivity index (χ4n) is 1.60. The molecule has 0 aliphatic carbocycles. The molecule has 0 heterocycles. The largest absolute Gasteiger partial charge is 0.694 e. The van der Waals surface area contributed by atoms with Crippen LogP contribution in [0.3, 0.4) is 0 Å². The monoisotopic (exact) mass is 299 g/mol. The Labute approximate surface area is 119 Å². The third kappa shape index (κ3) is 5.37. The second-order valence-electron chi connectivity index (χ2n) is 5.69. The van der Waals surface area contributed by atoms with E-state index in [-0.39, 0.29) is 6.61 Å². The Hall–Kier alpha value is -1.29. The summed E-state index contributed by atoms with van der Waals surface area (Å²) < 4.78 is 20.6. The maximum atomic E-state index is 12.2. The van der Waals surface area contributed by atoms with Crippen molar-refractivity contribution in [2.24, 2.45) is 11.3 Å². The Balaban J connectivity index is 2.77. The van der Waals surface area contributed by atoms with E-state index in [4.69, 9.17) is 9.63 Å². The number of esters is 1. The van der Waals surface area contributed by atoms with Gasteiger partial charge in [-0.2, -0.15) is 0 Å². The second kappa shape index (κ2) is 6.93. The predicted molar refractivity (Wildman–Crippen MR) is 75.5 cm³/mol. The molecule has 0 fully saturated rings. The summed E-state index contributed by atoms with van der Waals surface area (Å²) in [6, 6.07) is 7.10. The first-order chi connectivity index (χ1) is 9.20. The van der Waals surface area contributed by atoms with Crippen LogP contribution >= 0.6 is 8.25 Å². The van der Waals surface area contributed by atoms with Gasteiger partial charge in [0.05, 0.1) is 5.92 Å². The number of benzene rings is 1. The zero-order chi connectivity index (χ0) is 15.3. The Bertz CT molecular complexity index is 475. The van der Waals surface area contributed by atoms with Crippen LogP contribution in [0.1, 0.15) is 26.3 Å². The van der Waals surface area contributed by atoms with Gasteiger partial charge in [0.1, 0.15) is 12.4 Å². The van der Waals surface area contributed by atoms with Crippen molar-refractivity contribution in [2.45, 2.75) is 27.7 Å². The van der Waals surface area contributed by atoms with Crippen molar-refractivity contribution in [1.82, 2.24) is 0 Å². The molecule has 0 aliphatic rings. The summed E-state index contributed by atoms with van der Waals surface area (Å²) in [5.41, 5.74) is 0.630. The van der Waals surface area contributed by atoms with Crippen molar-refractivity contribution in [2.75, 3.05) is 6.61 Å². The highest BCUT2D eigenvalue weighted by atomic mass is 31.1. The lowest BCUT2D eigenvalue weighted by Crippen LogP contribution is -2.35. The van der Waals surface area contributed by atoms with Crippen LogP contribution in [0.2, 0.25) is 0 Å². The first-order valence-electron chi connectivity index (χ1n) is 6.27. The fraction of sp³-hybridized carbons (Fsp3) is 0.500. The smallest absolute Gasteiger partial charge is 0.426 e. The number of carbonyl (C=O) groups excluding carboxylic acids is 1. The van der Waals surface area contributed by atoms with E-state index < -0.39 is 25.6 Å². The zero-order valence-corrected chi connectivity index (χ0v) is 13.0. The molecule has 0 aliphatic heterocycles. The van der Waals surface area contributed by atoms with Crippen molar-refractivity contribution in [3.05, 3.63) is 29.8 Å². The van der Waals surface area contributed by atoms with E-state index in [9.17, 15) is 9.36 Å². The summed E-state index contributed by atoms with van der Waals surface area (Å²) in [5.74, 6) is -0.656. The van der Waals surface area contributed by atoms with E-state index in [0.29, 0.717) is 5.75 Å². The number of aryl methyl sites for hydroxylation is 1. The topological polar surface area (TPSA) is 72.8 Å². The zero-order valence-electron chi connectivity index (χ0n) is 12.1. The standard InChI is InChI=1S/C14H19O5P/c1-10-5-7-11(8-6-10)19-13(15)12(14(2,3)4)9-18-20(16)17/h5-8,12H,9H2,1-4H3/p+1. The lowest BCUT2D eigenvalue weighted by molar-refractivity contribution is -0.144. The summed E-state index contributed by atoms with van der Waals surface area (Å²) >= 11 is 0. The van der Waals surface area contributed by atoms with Crippen LogP contribution in [0.25, 0.3) is 0 Å². The SMILES string of the molecule is Cc1ccc(OC(=O)C(CO[P+](=O)O)C(C)(C)C)cc1. The maximum Gasteiger partial charge on any atom is 0.694 e. The Morgan fingerprint density at radius 1 is 1.30 bits per heavy atom. The highest BCUT2D eigenvalue weighted by molar-refractivity contribution is 7.32. The van der Waals surface area contributed by atoms with Crippen molar-refractivity contribution in [3.8, 4) is 5.75 Å². The number of hydrogen-bond acceptors (Lipinski definition) is 4. The average Bonchev–Trinajstić information content (AvgIpc) is 2.30. The minimum atomic E-state index is -2.73. The first-order valence-corrected chi connectivity index (χ1v) is 7.40. The van der Waals surface area contributed by atoms with E-state index >= 15 is 0 Å². The molecule has 20 heavy (non-hydrogen) atoms. The Morgan fingerprint density at radius 3 is 2.30 bits per heavy atom. The molecule has 0 bridgehead atoms. The molecule has 0 radical (unpaired) electrons. The molecule has 1 rings (SSSR count). The van der Waals surface area contributed by atoms with E-state index in [0.717, 1.165) is 5.56 Å². The Kier molecular flexibility index (Phi) is 5.81. The fourth-order valence-corrected chi connectivity index (χ4v) is 1.88. The number of hydrogen-bond donors (Lipinski definition) is 1. The molecule has 0 spiro atoms. The molecule has 1 aromatic carbocycles. The molecule has 1 N–H and O–H groups in total. The normalized spacial score (nSPS) is 13.8. The molecule has 5 nitrogen and oxygen atoms in total. The van der Waals surface area contributed by atoms with Gasteiger partial charge in [0.25, 0.3) is 0 Å². The maximum absolute atomic E-state index is 12.2. The van der Waals surface area contributed by atoms with Crippen LogP contribution in [-0.4, -0.2) is 17.5 Å². The van der Waals surface area contributed by atoms with Crippen molar-refractivity contribution in [3.63, 3.8) is 0 Å². The molecule has 6 heteroatoms. The summed E-state index contributed by atoms with van der Waals surface area (Å²) in [5, 5.41) is 0. The van der Waals surface area contributed by atoms with Gasteiger partial charge in [-0.05, 0) is 24.5 Å². The molecule has 0 saturated carbocycles. The van der Waals surface area contributed by atoms with Crippen LogP contribution in [-0.2, 0) is 13.9 Å². The van der Waals surface area contributed by atoms with Crippen LogP contribution in [0, 0.1) is 18.3 Å². The lowest BCUT2D eigenvalue weighted by atomic mass is 9.81. The van der Waals surface area contributed by atoms with Crippen LogP contribution in [0.15, 0.2) is 24.3 Å². The van der Waals surface area contributed by atoms with Gasteiger partial charge in [-0.15, -0.1) is 9.42 Å². The first kappa shape index (κ1) is 16.8. The molecular weight excluding hydrogens is 279 g/mol. The molecule has 110 valence electrons. The quantitative estimate of drug-likeness (QED) is 0.513. The third-order valence-corrected chi connectivity index (χ3v) is 3.29. The van der Waals surface area contributed by atoms with Gasteiger partial charge in [0.2, 0.25) is 0 Å². The third-order valence-electron chi connectivity index (χ3n) is 2.92. The molecule has 1 aromatic rings. The lowest BCUT2D eigenvalue weighted by Gasteiger charge is -2.26. The predicted octanol–water partition coefficient (Wildman–Crippen LogP) is 3.23. The molecule has 0 saturated heterocycles. The summed E-state index contributed by atoms with van der Waals surface area (Å²) in [6.45, 7) is 7.33. The molecular formula is C14H20O5P+. The molecule has 0 aromatic heterocycles. The number of ether oxygens (including phenoxy) is 1. The van der Waals surface area contributed by atoms with Crippen molar-refractivity contribution < 1.29 is 23.5 Å². The van der Waals surface area contributed by atoms with Gasteiger partial charge in [-0.25, -0.2) is 0 Å². The van der Waals surface area contributed by atoms with Gasteiger partial charge in [0.15, 0.2) is 0 Å². The summed E-state index contributed by atoms with van der Waals surface area (Å²) in [4.78, 5) is 20.9. The van der Waals surface area contributed by atoms with E-state index in [1.54, 1.807) is 12.1 Å². The summed E-state index contributed by atoms with van der Waals surface area (Å²) in [7, 11) is -2.73. The van der Waals surface area contributed by atoms with Crippen molar-refractivity contribution in [1.29, 1.82) is 0 Å². The number of rotatable bonds is 5. The molecule has 2 atom stereocenters. The Morgan fingerprint density at radius 2 is 1.85 bits per heavy atom. The van der Waals surface area contributed by atoms with Gasteiger partial charge in [0, 0.05) is 4.57 Å². The second-order valence-corrected chi connectivity index (χ2v) is 6.42. The van der Waals surface area contributed by atoms with Crippen LogP contribution in [0.5, 0.6) is 5.75 Å². The molecule has 2 unspecified atom stereocenters. The highest BCUT2D eigenvalue weighted by Crippen LogP contribution is 2.30. The number of carbonyl (C=O) groups is 1. The minimum absolute atomic E-state index is 0.153. The van der Waals surface area contributed by atoms with Crippen LogP contribution < -0.4 is 4.74 Å². The van der Waals surface area contributed by atoms with Gasteiger partial charge < -0.3 is 4.74 Å². The van der Waals surface area contributed by atoms with Gasteiger partial charge >= 0.3 is 14.2 Å². The van der Waals surface area contributed by atoms with E-state index in [2.05, 4.69) is 4.52 Å². The van der Waals surface area contributed by atoms with Gasteiger partial charge in [-0.1, -0.05) is 38.5 Å². The molecule has 0 amide bonds. The highest BCUT2D eigenvalue weighted by Gasteiger charge is 2.36. The van der Waals surface area contributed by atoms with E-state index in [1.165, 1.54) is 0 Å². The summed E-state index contributed by atoms with van der Waals surface area (Å²) in [6.07, 6.45) is 0. The average molecular weight is 299 g/mol. The minimum Gasteiger partial charge on any atom is -0.426 e.